The maximum atomic E-state index is 13.5. The fourth-order valence-corrected chi connectivity index (χ4v) is 4.74. The van der Waals surface area contributed by atoms with Crippen molar-refractivity contribution in [3.05, 3.63) is 72.1 Å². The van der Waals surface area contributed by atoms with E-state index in [0.29, 0.717) is 24.2 Å². The van der Waals surface area contributed by atoms with Crippen molar-refractivity contribution >= 4 is 17.7 Å². The highest BCUT2D eigenvalue weighted by Crippen LogP contribution is 2.23. The van der Waals surface area contributed by atoms with E-state index in [9.17, 15) is 13.6 Å². The molecule has 1 aliphatic heterocycles. The van der Waals surface area contributed by atoms with Crippen molar-refractivity contribution < 1.29 is 18.3 Å². The first-order valence-electron chi connectivity index (χ1n) is 11.5. The first-order valence-corrected chi connectivity index (χ1v) is 12.5. The lowest BCUT2D eigenvalue weighted by Crippen LogP contribution is -2.41. The molecule has 0 radical (unpaired) electrons. The zero-order valence-electron chi connectivity index (χ0n) is 19.5. The fraction of sp³-hybridized carbons (Fsp3) is 0.346. The summed E-state index contributed by atoms with van der Waals surface area (Å²) in [5, 5.41) is 3.56. The van der Waals surface area contributed by atoms with Crippen LogP contribution in [0.3, 0.4) is 0 Å². The van der Waals surface area contributed by atoms with Gasteiger partial charge in [-0.25, -0.2) is 18.7 Å². The van der Waals surface area contributed by atoms with Gasteiger partial charge in [0, 0.05) is 37.6 Å². The molecule has 0 aliphatic carbocycles. The van der Waals surface area contributed by atoms with Gasteiger partial charge in [-0.15, -0.1) is 0 Å². The molecule has 1 aliphatic rings. The average Bonchev–Trinajstić information content (AvgIpc) is 2.89. The lowest BCUT2D eigenvalue weighted by atomic mass is 9.97. The van der Waals surface area contributed by atoms with E-state index in [1.54, 1.807) is 25.6 Å². The minimum absolute atomic E-state index is 0.0597. The predicted octanol–water partition coefficient (Wildman–Crippen LogP) is 4.55. The van der Waals surface area contributed by atoms with Crippen LogP contribution in [0.4, 0.5) is 8.78 Å². The van der Waals surface area contributed by atoms with Gasteiger partial charge in [-0.2, -0.15) is 0 Å². The van der Waals surface area contributed by atoms with E-state index in [4.69, 9.17) is 4.74 Å². The van der Waals surface area contributed by atoms with E-state index in [0.717, 1.165) is 48.4 Å². The molecule has 6 nitrogen and oxygen atoms in total. The molecule has 1 amide bonds. The Balaban J connectivity index is 1.19. The molecule has 1 atom stereocenters. The molecule has 1 aromatic heterocycles. The Bertz CT molecular complexity index is 1130. The largest absolute Gasteiger partial charge is 0.497 e. The van der Waals surface area contributed by atoms with Crippen molar-refractivity contribution in [2.75, 3.05) is 32.5 Å². The quantitative estimate of drug-likeness (QED) is 0.345. The average molecular weight is 499 g/mol. The number of rotatable bonds is 9. The number of piperidine rings is 1. The Hall–Kier alpha value is -3.04. The Kier molecular flexibility index (Phi) is 8.65. The predicted molar refractivity (Wildman–Crippen MR) is 132 cm³/mol. The van der Waals surface area contributed by atoms with E-state index in [-0.39, 0.29) is 11.7 Å². The third-order valence-electron chi connectivity index (χ3n) is 5.97. The number of aromatic nitrogens is 2. The molecule has 1 saturated heterocycles. The number of nitrogens with zero attached hydrogens (tertiary/aromatic N) is 3. The maximum Gasteiger partial charge on any atom is 0.230 e. The second-order valence-corrected chi connectivity index (χ2v) is 9.51. The van der Waals surface area contributed by atoms with Crippen LogP contribution in [0, 0.1) is 17.6 Å². The van der Waals surface area contributed by atoms with Gasteiger partial charge in [-0.3, -0.25) is 9.69 Å². The number of benzene rings is 2. The lowest BCUT2D eigenvalue weighted by Gasteiger charge is -2.32. The van der Waals surface area contributed by atoms with Crippen molar-refractivity contribution in [2.45, 2.75) is 24.5 Å². The number of amides is 1. The topological polar surface area (TPSA) is 67.3 Å². The zero-order valence-corrected chi connectivity index (χ0v) is 20.4. The third-order valence-corrected chi connectivity index (χ3v) is 6.84. The van der Waals surface area contributed by atoms with Gasteiger partial charge in [0.05, 0.1) is 12.9 Å². The summed E-state index contributed by atoms with van der Waals surface area (Å²) in [6, 6.07) is 11.7. The number of halogens is 2. The smallest absolute Gasteiger partial charge is 0.230 e. The standard InChI is InChI=1S/C26H28F2N4O2S/c1-34-22-7-5-20(6-8-22)21-13-30-26(31-14-21)35-17-25(33)29-12-19-3-2-10-32(16-19)15-18-4-9-23(27)24(28)11-18/h4-9,11,13-14,19H,2-3,10,12,15-17H2,1H3,(H,29,33). The highest BCUT2D eigenvalue weighted by Gasteiger charge is 2.21. The fourth-order valence-electron chi connectivity index (χ4n) is 4.12. The summed E-state index contributed by atoms with van der Waals surface area (Å²) in [6.45, 7) is 2.87. The first-order chi connectivity index (χ1) is 17.0. The first kappa shape index (κ1) is 25.1. The molecule has 0 spiro atoms. The molecule has 9 heteroatoms. The van der Waals surface area contributed by atoms with Gasteiger partial charge in [0.25, 0.3) is 0 Å². The van der Waals surface area contributed by atoms with E-state index in [1.807, 2.05) is 24.3 Å². The monoisotopic (exact) mass is 498 g/mol. The van der Waals surface area contributed by atoms with Crippen LogP contribution in [0.25, 0.3) is 11.1 Å². The minimum Gasteiger partial charge on any atom is -0.497 e. The summed E-state index contributed by atoms with van der Waals surface area (Å²) in [6.07, 6.45) is 5.53. The Morgan fingerprint density at radius 1 is 1.11 bits per heavy atom. The highest BCUT2D eigenvalue weighted by atomic mass is 32.2. The van der Waals surface area contributed by atoms with Gasteiger partial charge in [0.15, 0.2) is 16.8 Å². The molecule has 3 aromatic rings. The van der Waals surface area contributed by atoms with E-state index in [2.05, 4.69) is 20.2 Å². The Labute approximate surface area is 208 Å². The van der Waals surface area contributed by atoms with E-state index >= 15 is 0 Å². The number of likely N-dealkylation sites (tertiary alicyclic amines) is 1. The summed E-state index contributed by atoms with van der Waals surface area (Å²) in [4.78, 5) is 23.3. The molecular weight excluding hydrogens is 470 g/mol. The number of carbonyl (C=O) groups excluding carboxylic acids is 1. The van der Waals surface area contributed by atoms with Crippen molar-refractivity contribution in [3.63, 3.8) is 0 Å². The van der Waals surface area contributed by atoms with Crippen LogP contribution in [0.15, 0.2) is 60.0 Å². The molecule has 0 saturated carbocycles. The van der Waals surface area contributed by atoms with Crippen LogP contribution < -0.4 is 10.1 Å². The van der Waals surface area contributed by atoms with Gasteiger partial charge < -0.3 is 10.1 Å². The number of methoxy groups -OCH3 is 1. The van der Waals surface area contributed by atoms with Gasteiger partial charge in [-0.1, -0.05) is 30.0 Å². The SMILES string of the molecule is COc1ccc(-c2cnc(SCC(=O)NCC3CCCN(Cc4ccc(F)c(F)c4)C3)nc2)cc1. The van der Waals surface area contributed by atoms with Crippen molar-refractivity contribution in [1.29, 1.82) is 0 Å². The second kappa shape index (κ2) is 12.1. The molecule has 35 heavy (non-hydrogen) atoms. The van der Waals surface area contributed by atoms with Crippen LogP contribution in [0.2, 0.25) is 0 Å². The summed E-state index contributed by atoms with van der Waals surface area (Å²) >= 11 is 1.30. The van der Waals surface area contributed by atoms with Gasteiger partial charge in [0.2, 0.25) is 5.91 Å². The lowest BCUT2D eigenvalue weighted by molar-refractivity contribution is -0.118. The summed E-state index contributed by atoms with van der Waals surface area (Å²) in [7, 11) is 1.63. The number of hydrogen-bond donors (Lipinski definition) is 1. The molecule has 4 rings (SSSR count). The summed E-state index contributed by atoms with van der Waals surface area (Å²) in [5.41, 5.74) is 2.64. The number of nitrogens with one attached hydrogen (secondary N) is 1. The highest BCUT2D eigenvalue weighted by molar-refractivity contribution is 7.99. The normalized spacial score (nSPS) is 16.1. The zero-order chi connectivity index (χ0) is 24.6. The minimum atomic E-state index is -0.829. The van der Waals surface area contributed by atoms with Crippen molar-refractivity contribution in [3.8, 4) is 16.9 Å². The van der Waals surface area contributed by atoms with Crippen LogP contribution in [-0.2, 0) is 11.3 Å². The van der Waals surface area contributed by atoms with Crippen LogP contribution in [0.5, 0.6) is 5.75 Å². The second-order valence-electron chi connectivity index (χ2n) is 8.57. The van der Waals surface area contributed by atoms with E-state index < -0.39 is 11.6 Å². The van der Waals surface area contributed by atoms with Crippen LogP contribution in [-0.4, -0.2) is 53.3 Å². The summed E-state index contributed by atoms with van der Waals surface area (Å²) in [5.74, 6) is -0.354. The number of hydrogen-bond acceptors (Lipinski definition) is 6. The Morgan fingerprint density at radius 2 is 1.89 bits per heavy atom. The number of thioether (sulfide) groups is 1. The molecule has 1 fully saturated rings. The molecule has 184 valence electrons. The van der Waals surface area contributed by atoms with Crippen molar-refractivity contribution in [2.24, 2.45) is 5.92 Å². The van der Waals surface area contributed by atoms with Gasteiger partial charge in [-0.05, 0) is 60.7 Å². The van der Waals surface area contributed by atoms with Crippen LogP contribution >= 0.6 is 11.8 Å². The molecular formula is C26H28F2N4O2S. The molecule has 2 aromatic carbocycles. The molecule has 0 bridgehead atoms. The van der Waals surface area contributed by atoms with Gasteiger partial charge >= 0.3 is 0 Å². The van der Waals surface area contributed by atoms with Crippen molar-refractivity contribution in [1.82, 2.24) is 20.2 Å². The van der Waals surface area contributed by atoms with E-state index in [1.165, 1.54) is 23.9 Å². The number of ether oxygens (including phenoxy) is 1. The molecule has 2 heterocycles. The van der Waals surface area contributed by atoms with Gasteiger partial charge in [0.1, 0.15) is 5.75 Å². The Morgan fingerprint density at radius 3 is 2.60 bits per heavy atom. The molecule has 1 unspecified atom stereocenters. The maximum absolute atomic E-state index is 13.5. The summed E-state index contributed by atoms with van der Waals surface area (Å²) < 4.78 is 31.8. The van der Waals surface area contributed by atoms with Crippen LogP contribution in [0.1, 0.15) is 18.4 Å². The molecule has 1 N–H and O–H groups in total. The third kappa shape index (κ3) is 7.22. The number of carbonyl (C=O) groups is 1.